The van der Waals surface area contributed by atoms with Gasteiger partial charge in [0.2, 0.25) is 0 Å². The Hall–Kier alpha value is -3.89. The summed E-state index contributed by atoms with van der Waals surface area (Å²) in [6.45, 7) is 3.70. The molecule has 0 saturated heterocycles. The van der Waals surface area contributed by atoms with Crippen LogP contribution in [0.25, 0.3) is 11.0 Å². The van der Waals surface area contributed by atoms with Crippen molar-refractivity contribution in [3.8, 4) is 5.75 Å². The standard InChI is InChI=1S/C29H33N5O4S/c35-29(25-21-34(28-24(25)13-7-17-32-28)39(36,37)23-11-2-1-3-12-23)33-16-5-4-15-30-18-19-31-26-14-6-9-22-10-8-20-38-27(22)26/h1-3,6-7,9,11-14,17,21,30-31H,4-5,8,10,15-16,18-20H2,(H,33,35). The minimum Gasteiger partial charge on any atom is -0.491 e. The Morgan fingerprint density at radius 3 is 2.67 bits per heavy atom. The van der Waals surface area contributed by atoms with Crippen LogP contribution in [0.4, 0.5) is 5.69 Å². The molecule has 1 amide bonds. The van der Waals surface area contributed by atoms with Crippen molar-refractivity contribution in [2.45, 2.75) is 30.6 Å². The van der Waals surface area contributed by atoms with Crippen LogP contribution in [-0.2, 0) is 16.4 Å². The van der Waals surface area contributed by atoms with Gasteiger partial charge in [0, 0.05) is 37.4 Å². The number of para-hydroxylation sites is 1. The van der Waals surface area contributed by atoms with Crippen molar-refractivity contribution in [2.75, 3.05) is 38.1 Å². The summed E-state index contributed by atoms with van der Waals surface area (Å²) in [6, 6.07) is 17.8. The van der Waals surface area contributed by atoms with E-state index in [9.17, 15) is 13.2 Å². The largest absolute Gasteiger partial charge is 0.491 e. The maximum atomic E-state index is 13.2. The number of anilines is 1. The van der Waals surface area contributed by atoms with Crippen molar-refractivity contribution in [2.24, 2.45) is 0 Å². The average Bonchev–Trinajstić information content (AvgIpc) is 3.37. The highest BCUT2D eigenvalue weighted by molar-refractivity contribution is 7.90. The fraction of sp³-hybridized carbons (Fsp3) is 0.310. The van der Waals surface area contributed by atoms with Crippen molar-refractivity contribution < 1.29 is 17.9 Å². The molecule has 39 heavy (non-hydrogen) atoms. The molecule has 3 heterocycles. The molecule has 9 nitrogen and oxygen atoms in total. The summed E-state index contributed by atoms with van der Waals surface area (Å²) in [7, 11) is -3.89. The predicted molar refractivity (Wildman–Crippen MR) is 152 cm³/mol. The van der Waals surface area contributed by atoms with Gasteiger partial charge in [0.25, 0.3) is 15.9 Å². The van der Waals surface area contributed by atoms with E-state index in [1.165, 1.54) is 30.1 Å². The quantitative estimate of drug-likeness (QED) is 0.231. The number of rotatable bonds is 12. The van der Waals surface area contributed by atoms with Gasteiger partial charge in [0.05, 0.1) is 22.8 Å². The second kappa shape index (κ2) is 12.3. The summed E-state index contributed by atoms with van der Waals surface area (Å²) in [6.07, 6.45) is 6.70. The van der Waals surface area contributed by atoms with Gasteiger partial charge in [-0.25, -0.2) is 17.4 Å². The van der Waals surface area contributed by atoms with E-state index in [0.29, 0.717) is 11.9 Å². The normalized spacial score (nSPS) is 13.0. The number of fused-ring (bicyclic) bond motifs is 2. The third-order valence-corrected chi connectivity index (χ3v) is 8.36. The maximum absolute atomic E-state index is 13.2. The fourth-order valence-corrected chi connectivity index (χ4v) is 6.06. The third-order valence-electron chi connectivity index (χ3n) is 6.69. The number of carbonyl (C=O) groups is 1. The van der Waals surface area contributed by atoms with Crippen LogP contribution < -0.4 is 20.7 Å². The molecule has 0 radical (unpaired) electrons. The Morgan fingerprint density at radius 1 is 0.949 bits per heavy atom. The maximum Gasteiger partial charge on any atom is 0.269 e. The zero-order chi connectivity index (χ0) is 27.1. The van der Waals surface area contributed by atoms with Gasteiger partial charge >= 0.3 is 0 Å². The van der Waals surface area contributed by atoms with E-state index in [1.54, 1.807) is 30.3 Å². The Kier molecular flexibility index (Phi) is 8.43. The number of hydrogen-bond acceptors (Lipinski definition) is 7. The Balaban J connectivity index is 1.08. The molecule has 2 aromatic heterocycles. The van der Waals surface area contributed by atoms with E-state index in [0.717, 1.165) is 67.3 Å². The molecule has 3 N–H and O–H groups in total. The summed E-state index contributed by atoms with van der Waals surface area (Å²) in [4.78, 5) is 17.3. The highest BCUT2D eigenvalue weighted by atomic mass is 32.2. The van der Waals surface area contributed by atoms with Crippen LogP contribution in [-0.4, -0.2) is 56.1 Å². The molecule has 0 unspecified atom stereocenters. The van der Waals surface area contributed by atoms with Gasteiger partial charge in [0.1, 0.15) is 5.75 Å². The summed E-state index contributed by atoms with van der Waals surface area (Å²) >= 11 is 0. The molecule has 204 valence electrons. The van der Waals surface area contributed by atoms with Crippen LogP contribution >= 0.6 is 0 Å². The van der Waals surface area contributed by atoms with Gasteiger partial charge in [0.15, 0.2) is 5.65 Å². The topological polar surface area (TPSA) is 114 Å². The number of hydrogen-bond donors (Lipinski definition) is 3. The Labute approximate surface area is 228 Å². The molecule has 0 aliphatic carbocycles. The van der Waals surface area contributed by atoms with Gasteiger partial charge in [-0.3, -0.25) is 4.79 Å². The van der Waals surface area contributed by atoms with Crippen molar-refractivity contribution in [3.05, 3.63) is 84.2 Å². The van der Waals surface area contributed by atoms with E-state index >= 15 is 0 Å². The highest BCUT2D eigenvalue weighted by Crippen LogP contribution is 2.32. The highest BCUT2D eigenvalue weighted by Gasteiger charge is 2.24. The minimum absolute atomic E-state index is 0.138. The first-order valence-electron chi connectivity index (χ1n) is 13.3. The molecule has 2 aromatic carbocycles. The summed E-state index contributed by atoms with van der Waals surface area (Å²) < 4.78 is 33.3. The molecule has 0 fully saturated rings. The number of unbranched alkanes of at least 4 members (excludes halogenated alkanes) is 1. The molecule has 1 aliphatic rings. The number of pyridine rings is 1. The van der Waals surface area contributed by atoms with E-state index in [2.05, 4.69) is 39.1 Å². The predicted octanol–water partition coefficient (Wildman–Crippen LogP) is 3.81. The zero-order valence-corrected chi connectivity index (χ0v) is 22.5. The number of aromatic nitrogens is 2. The Morgan fingerprint density at radius 2 is 1.79 bits per heavy atom. The number of aryl methyl sites for hydroxylation is 1. The van der Waals surface area contributed by atoms with E-state index in [-0.39, 0.29) is 22.0 Å². The lowest BCUT2D eigenvalue weighted by Gasteiger charge is -2.21. The Bertz CT molecular complexity index is 1540. The molecule has 0 atom stereocenters. The van der Waals surface area contributed by atoms with E-state index in [1.807, 2.05) is 0 Å². The van der Waals surface area contributed by atoms with Crippen LogP contribution in [0.3, 0.4) is 0 Å². The SMILES string of the molecule is O=C(NCCCCNCCNc1cccc2c1OCCC2)c1cn(S(=O)(=O)c2ccccc2)c2ncccc12. The summed E-state index contributed by atoms with van der Waals surface area (Å²) in [5.41, 5.74) is 2.82. The lowest BCUT2D eigenvalue weighted by molar-refractivity contribution is 0.0954. The third kappa shape index (κ3) is 6.07. The second-order valence-electron chi connectivity index (χ2n) is 9.42. The van der Waals surface area contributed by atoms with Crippen molar-refractivity contribution >= 4 is 32.7 Å². The number of benzene rings is 2. The molecule has 5 rings (SSSR count). The van der Waals surface area contributed by atoms with Crippen LogP contribution in [0.5, 0.6) is 5.75 Å². The van der Waals surface area contributed by atoms with Crippen LogP contribution in [0, 0.1) is 0 Å². The van der Waals surface area contributed by atoms with Crippen LogP contribution in [0.1, 0.15) is 35.2 Å². The first-order valence-corrected chi connectivity index (χ1v) is 14.7. The summed E-state index contributed by atoms with van der Waals surface area (Å²) in [5, 5.41) is 10.3. The van der Waals surface area contributed by atoms with Gasteiger partial charge in [-0.1, -0.05) is 30.3 Å². The molecule has 1 aliphatic heterocycles. The van der Waals surface area contributed by atoms with E-state index in [4.69, 9.17) is 4.74 Å². The van der Waals surface area contributed by atoms with Gasteiger partial charge in [-0.2, -0.15) is 0 Å². The van der Waals surface area contributed by atoms with Crippen LogP contribution in [0.2, 0.25) is 0 Å². The second-order valence-corrected chi connectivity index (χ2v) is 11.2. The van der Waals surface area contributed by atoms with Crippen LogP contribution in [0.15, 0.2) is 78.0 Å². The molecule has 10 heteroatoms. The number of nitrogens with zero attached hydrogens (tertiary/aromatic N) is 2. The van der Waals surface area contributed by atoms with Crippen molar-refractivity contribution in [1.82, 2.24) is 19.6 Å². The van der Waals surface area contributed by atoms with Gasteiger partial charge < -0.3 is 20.7 Å². The zero-order valence-electron chi connectivity index (χ0n) is 21.7. The molecule has 0 spiro atoms. The molecule has 0 bridgehead atoms. The van der Waals surface area contributed by atoms with Gasteiger partial charge in [-0.15, -0.1) is 0 Å². The first kappa shape index (κ1) is 26.7. The molecule has 4 aromatic rings. The lowest BCUT2D eigenvalue weighted by Crippen LogP contribution is -2.26. The molecule has 0 saturated carbocycles. The summed E-state index contributed by atoms with van der Waals surface area (Å²) in [5.74, 6) is 0.664. The monoisotopic (exact) mass is 547 g/mol. The number of carbonyl (C=O) groups excluding carboxylic acids is 1. The van der Waals surface area contributed by atoms with Crippen molar-refractivity contribution in [3.63, 3.8) is 0 Å². The minimum atomic E-state index is -3.89. The smallest absolute Gasteiger partial charge is 0.269 e. The lowest BCUT2D eigenvalue weighted by atomic mass is 10.1. The van der Waals surface area contributed by atoms with Crippen molar-refractivity contribution in [1.29, 1.82) is 0 Å². The fourth-order valence-electron chi connectivity index (χ4n) is 4.71. The first-order chi connectivity index (χ1) is 19.1. The number of amides is 1. The number of ether oxygens (including phenoxy) is 1. The van der Waals surface area contributed by atoms with Gasteiger partial charge in [-0.05, 0) is 68.1 Å². The average molecular weight is 548 g/mol. The van der Waals surface area contributed by atoms with E-state index < -0.39 is 10.0 Å². The molecular formula is C29H33N5O4S. The molecular weight excluding hydrogens is 514 g/mol. The number of nitrogens with one attached hydrogen (secondary N) is 3.